The summed E-state index contributed by atoms with van der Waals surface area (Å²) in [5, 5.41) is 24.0. The van der Waals surface area contributed by atoms with E-state index in [9.17, 15) is 22.8 Å². The summed E-state index contributed by atoms with van der Waals surface area (Å²) in [6, 6.07) is 11.5. The molecule has 0 aliphatic carbocycles. The van der Waals surface area contributed by atoms with Gasteiger partial charge in [-0.05, 0) is 48.9 Å². The van der Waals surface area contributed by atoms with Crippen molar-refractivity contribution in [2.24, 2.45) is 5.73 Å². The number of hydrogen-bond donors (Lipinski definition) is 4. The predicted molar refractivity (Wildman–Crippen MR) is 126 cm³/mol. The van der Waals surface area contributed by atoms with Gasteiger partial charge in [0.2, 0.25) is 0 Å². The number of esters is 1. The van der Waals surface area contributed by atoms with Crippen LogP contribution in [0, 0.1) is 5.41 Å². The van der Waals surface area contributed by atoms with Crippen molar-refractivity contribution in [1.29, 1.82) is 5.41 Å². The Hall–Kier alpha value is -4.20. The van der Waals surface area contributed by atoms with Crippen LogP contribution in [0.25, 0.3) is 10.2 Å². The number of rotatable bonds is 8. The van der Waals surface area contributed by atoms with Crippen molar-refractivity contribution in [2.45, 2.75) is 19.0 Å². The van der Waals surface area contributed by atoms with Gasteiger partial charge in [0.1, 0.15) is 11.6 Å². The number of benzene rings is 2. The number of nitrogens with one attached hydrogen (secondary N) is 1. The minimum atomic E-state index is -5.08. The second-order valence-electron chi connectivity index (χ2n) is 7.23. The van der Waals surface area contributed by atoms with Gasteiger partial charge in [0, 0.05) is 25.6 Å². The summed E-state index contributed by atoms with van der Waals surface area (Å²) in [7, 11) is 1.86. The van der Waals surface area contributed by atoms with Crippen molar-refractivity contribution in [3.8, 4) is 5.75 Å². The van der Waals surface area contributed by atoms with E-state index < -0.39 is 24.1 Å². The monoisotopic (exact) mass is 526 g/mol. The van der Waals surface area contributed by atoms with Gasteiger partial charge in [0.05, 0.1) is 15.8 Å². The van der Waals surface area contributed by atoms with Gasteiger partial charge >= 0.3 is 24.1 Å². The Morgan fingerprint density at radius 2 is 1.69 bits per heavy atom. The van der Waals surface area contributed by atoms with E-state index in [0.717, 1.165) is 15.3 Å². The van der Waals surface area contributed by atoms with Crippen molar-refractivity contribution in [3.05, 3.63) is 53.6 Å². The number of nitrogens with zero attached hydrogens (tertiary/aromatic N) is 2. The van der Waals surface area contributed by atoms with Crippen LogP contribution in [-0.2, 0) is 9.59 Å². The Balaban J connectivity index is 0.000000572. The molecule has 5 N–H and O–H groups in total. The number of fused-ring (bicyclic) bond motifs is 1. The molecule has 0 aliphatic heterocycles. The molecule has 0 fully saturated rings. The zero-order chi connectivity index (χ0) is 27.0. The molecule has 14 heteroatoms. The number of aliphatic carboxylic acids is 2. The van der Waals surface area contributed by atoms with Crippen LogP contribution in [-0.4, -0.2) is 58.7 Å². The molecule has 0 radical (unpaired) electrons. The third kappa shape index (κ3) is 8.23. The van der Waals surface area contributed by atoms with Crippen LogP contribution in [0.15, 0.2) is 42.5 Å². The number of thiazole rings is 1. The topological polar surface area (TPSA) is 167 Å². The van der Waals surface area contributed by atoms with Crippen LogP contribution in [0.3, 0.4) is 0 Å². The quantitative estimate of drug-likeness (QED) is 0.148. The number of carbonyl (C=O) groups is 3. The Morgan fingerprint density at radius 3 is 2.22 bits per heavy atom. The molecule has 1 heterocycles. The maximum atomic E-state index is 12.5. The summed E-state index contributed by atoms with van der Waals surface area (Å²) in [4.78, 5) is 38.4. The molecule has 3 rings (SSSR count). The largest absolute Gasteiger partial charge is 0.490 e. The molecule has 0 spiro atoms. The second-order valence-corrected chi connectivity index (χ2v) is 8.24. The van der Waals surface area contributed by atoms with Gasteiger partial charge in [0.15, 0.2) is 5.13 Å². The first-order valence-electron chi connectivity index (χ1n) is 10.1. The summed E-state index contributed by atoms with van der Waals surface area (Å²) in [6.45, 7) is 0.581. The zero-order valence-corrected chi connectivity index (χ0v) is 19.5. The van der Waals surface area contributed by atoms with Crippen LogP contribution in [0.1, 0.15) is 28.8 Å². The SMILES string of the molecule is CN(CCCC(=O)O)c1nc2ccc(C(=O)Oc3ccc(C(=N)N)cc3)cc2s1.O=C(O)C(F)(F)F. The number of halogens is 3. The normalized spacial score (nSPS) is 10.8. The summed E-state index contributed by atoms with van der Waals surface area (Å²) < 4.78 is 38.0. The number of amidine groups is 1. The van der Waals surface area contributed by atoms with Crippen molar-refractivity contribution >= 4 is 50.4 Å². The molecule has 1 aromatic heterocycles. The van der Waals surface area contributed by atoms with Crippen molar-refractivity contribution in [1.82, 2.24) is 4.98 Å². The molecule has 10 nitrogen and oxygen atoms in total. The maximum Gasteiger partial charge on any atom is 0.490 e. The lowest BCUT2D eigenvalue weighted by Gasteiger charge is -2.14. The van der Waals surface area contributed by atoms with Gasteiger partial charge in [-0.15, -0.1) is 0 Å². The number of hydrogen-bond acceptors (Lipinski definition) is 8. The molecule has 36 heavy (non-hydrogen) atoms. The van der Waals surface area contributed by atoms with Gasteiger partial charge in [-0.3, -0.25) is 10.2 Å². The molecule has 0 aliphatic rings. The lowest BCUT2D eigenvalue weighted by atomic mass is 10.2. The van der Waals surface area contributed by atoms with E-state index in [0.29, 0.717) is 29.8 Å². The van der Waals surface area contributed by atoms with E-state index in [1.54, 1.807) is 42.5 Å². The lowest BCUT2D eigenvalue weighted by Crippen LogP contribution is -2.21. The fourth-order valence-electron chi connectivity index (χ4n) is 2.63. The third-order valence-corrected chi connectivity index (χ3v) is 5.57. The highest BCUT2D eigenvalue weighted by Gasteiger charge is 2.38. The molecular weight excluding hydrogens is 505 g/mol. The number of carbonyl (C=O) groups excluding carboxylic acids is 1. The summed E-state index contributed by atoms with van der Waals surface area (Å²) in [5.74, 6) is -3.76. The van der Waals surface area contributed by atoms with E-state index >= 15 is 0 Å². The van der Waals surface area contributed by atoms with Gasteiger partial charge in [-0.2, -0.15) is 13.2 Å². The molecule has 2 aromatic carbocycles. The Bertz CT molecular complexity index is 1260. The number of aromatic nitrogens is 1. The standard InChI is InChI=1S/C20H20N4O4S.C2HF3O2/c1-24(10-2-3-17(25)26)20-23-15-9-6-13(11-16(15)29-20)19(27)28-14-7-4-12(5-8-14)18(21)22;3-2(4,5)1(6)7/h4-9,11H,2-3,10H2,1H3,(H3,21,22)(H,25,26);(H,6,7). The van der Waals surface area contributed by atoms with E-state index in [-0.39, 0.29) is 12.3 Å². The third-order valence-electron chi connectivity index (χ3n) is 4.44. The van der Waals surface area contributed by atoms with Gasteiger partial charge in [-0.1, -0.05) is 11.3 Å². The summed E-state index contributed by atoms with van der Waals surface area (Å²) >= 11 is 1.43. The molecule has 3 aromatic rings. The number of carboxylic acids is 2. The molecular formula is C22H21F3N4O6S. The molecule has 0 atom stereocenters. The molecule has 192 valence electrons. The maximum absolute atomic E-state index is 12.5. The summed E-state index contributed by atoms with van der Waals surface area (Å²) in [5.41, 5.74) is 7.13. The zero-order valence-electron chi connectivity index (χ0n) is 18.7. The highest BCUT2D eigenvalue weighted by molar-refractivity contribution is 7.22. The number of nitrogens with two attached hydrogens (primary N) is 1. The number of alkyl halides is 3. The Kier molecular flexibility index (Phi) is 9.32. The Labute approximate surface area is 206 Å². The van der Waals surface area contributed by atoms with Gasteiger partial charge < -0.3 is 25.6 Å². The number of carboxylic acid groups (broad SMARTS) is 2. The predicted octanol–water partition coefficient (Wildman–Crippen LogP) is 3.73. The fourth-order valence-corrected chi connectivity index (χ4v) is 3.63. The van der Waals surface area contributed by atoms with E-state index in [2.05, 4.69) is 4.98 Å². The molecule has 0 amide bonds. The average Bonchev–Trinajstić information content (AvgIpc) is 3.22. The molecule has 0 unspecified atom stereocenters. The lowest BCUT2D eigenvalue weighted by molar-refractivity contribution is -0.192. The van der Waals surface area contributed by atoms with Crippen LogP contribution in [0.5, 0.6) is 5.75 Å². The first-order chi connectivity index (χ1) is 16.8. The number of ether oxygens (including phenoxy) is 1. The smallest absolute Gasteiger partial charge is 0.481 e. The molecule has 0 saturated carbocycles. The highest BCUT2D eigenvalue weighted by atomic mass is 32.1. The molecule has 0 bridgehead atoms. The van der Waals surface area contributed by atoms with E-state index in [1.807, 2.05) is 11.9 Å². The minimum Gasteiger partial charge on any atom is -0.481 e. The number of anilines is 1. The molecule has 0 saturated heterocycles. The number of nitrogen functional groups attached to an aromatic ring is 1. The van der Waals surface area contributed by atoms with Crippen molar-refractivity contribution in [2.75, 3.05) is 18.5 Å². The van der Waals surface area contributed by atoms with E-state index in [1.165, 1.54) is 11.3 Å². The average molecular weight is 526 g/mol. The first-order valence-corrected chi connectivity index (χ1v) is 10.9. The minimum absolute atomic E-state index is 0.0535. The van der Waals surface area contributed by atoms with Crippen LogP contribution < -0.4 is 15.4 Å². The highest BCUT2D eigenvalue weighted by Crippen LogP contribution is 2.29. The van der Waals surface area contributed by atoms with Crippen molar-refractivity contribution < 1.29 is 42.5 Å². The van der Waals surface area contributed by atoms with Crippen LogP contribution in [0.4, 0.5) is 18.3 Å². The van der Waals surface area contributed by atoms with Crippen LogP contribution in [0.2, 0.25) is 0 Å². The van der Waals surface area contributed by atoms with Crippen LogP contribution >= 0.6 is 11.3 Å². The van der Waals surface area contributed by atoms with Gasteiger partial charge in [0.25, 0.3) is 0 Å². The van der Waals surface area contributed by atoms with E-state index in [4.69, 9.17) is 30.9 Å². The first kappa shape index (κ1) is 28.0. The second kappa shape index (κ2) is 12.0. The fraction of sp³-hybridized carbons (Fsp3) is 0.227. The van der Waals surface area contributed by atoms with Gasteiger partial charge in [-0.25, -0.2) is 14.6 Å². The van der Waals surface area contributed by atoms with Crippen molar-refractivity contribution in [3.63, 3.8) is 0 Å². The summed E-state index contributed by atoms with van der Waals surface area (Å²) in [6.07, 6.45) is -4.44. The Morgan fingerprint density at radius 1 is 1.11 bits per heavy atom.